The van der Waals surface area contributed by atoms with Gasteiger partial charge in [-0.25, -0.2) is 9.97 Å². The summed E-state index contributed by atoms with van der Waals surface area (Å²) < 4.78 is 0. The van der Waals surface area contributed by atoms with Crippen molar-refractivity contribution in [2.45, 2.75) is 13.0 Å². The van der Waals surface area contributed by atoms with Crippen molar-refractivity contribution in [1.82, 2.24) is 19.9 Å². The quantitative estimate of drug-likeness (QED) is 0.666. The lowest BCUT2D eigenvalue weighted by atomic mass is 10.0. The third-order valence-corrected chi connectivity index (χ3v) is 4.28. The highest BCUT2D eigenvalue weighted by atomic mass is 15.1. The van der Waals surface area contributed by atoms with E-state index in [1.54, 1.807) is 0 Å². The molecule has 0 bridgehead atoms. The standard InChI is InChI=1S/C17H18N6/c1-23-6-5-13-11(9-23)7-10(8-20-13)16-15-12(18)3-2-4-14(15)21-17(19)22-16/h2-4,7-8H,5-6,9,18H2,1H3,(H2,19,21,22). The van der Waals surface area contributed by atoms with Crippen molar-refractivity contribution in [3.63, 3.8) is 0 Å². The minimum absolute atomic E-state index is 0.243. The van der Waals surface area contributed by atoms with Gasteiger partial charge in [0.05, 0.1) is 11.2 Å². The fourth-order valence-corrected chi connectivity index (χ4v) is 3.13. The van der Waals surface area contributed by atoms with Crippen molar-refractivity contribution in [1.29, 1.82) is 0 Å². The molecule has 6 nitrogen and oxygen atoms in total. The van der Waals surface area contributed by atoms with Crippen molar-refractivity contribution in [2.24, 2.45) is 0 Å². The van der Waals surface area contributed by atoms with Crippen LogP contribution in [0.2, 0.25) is 0 Å². The number of aromatic nitrogens is 3. The first-order valence-electron chi connectivity index (χ1n) is 7.60. The molecule has 2 aromatic heterocycles. The van der Waals surface area contributed by atoms with Gasteiger partial charge in [-0.15, -0.1) is 0 Å². The molecule has 3 heterocycles. The molecule has 0 amide bonds. The molecule has 0 spiro atoms. The van der Waals surface area contributed by atoms with Crippen LogP contribution in [0.25, 0.3) is 22.2 Å². The zero-order chi connectivity index (χ0) is 16.0. The molecule has 0 fully saturated rings. The fourth-order valence-electron chi connectivity index (χ4n) is 3.13. The monoisotopic (exact) mass is 306 g/mol. The lowest BCUT2D eigenvalue weighted by Gasteiger charge is -2.24. The Labute approximate surface area is 134 Å². The molecule has 3 aromatic rings. The highest BCUT2D eigenvalue weighted by molar-refractivity contribution is 6.01. The van der Waals surface area contributed by atoms with Gasteiger partial charge in [-0.05, 0) is 30.8 Å². The van der Waals surface area contributed by atoms with Gasteiger partial charge in [0.1, 0.15) is 0 Å². The number of fused-ring (bicyclic) bond motifs is 2. The minimum Gasteiger partial charge on any atom is -0.398 e. The predicted molar refractivity (Wildman–Crippen MR) is 91.6 cm³/mol. The Bertz CT molecular complexity index is 905. The molecule has 4 rings (SSSR count). The fraction of sp³-hybridized carbons (Fsp3) is 0.235. The summed E-state index contributed by atoms with van der Waals surface area (Å²) in [6.07, 6.45) is 2.83. The van der Waals surface area contributed by atoms with Crippen molar-refractivity contribution in [2.75, 3.05) is 25.1 Å². The Morgan fingerprint density at radius 2 is 2.04 bits per heavy atom. The minimum atomic E-state index is 0.243. The van der Waals surface area contributed by atoms with Gasteiger partial charge in [-0.3, -0.25) is 4.98 Å². The summed E-state index contributed by atoms with van der Waals surface area (Å²) >= 11 is 0. The maximum absolute atomic E-state index is 6.15. The SMILES string of the molecule is CN1CCc2ncc(-c3nc(N)nc4cccc(N)c34)cc2C1. The van der Waals surface area contributed by atoms with E-state index < -0.39 is 0 Å². The highest BCUT2D eigenvalue weighted by Gasteiger charge is 2.17. The maximum Gasteiger partial charge on any atom is 0.221 e. The van der Waals surface area contributed by atoms with E-state index in [2.05, 4.69) is 33.0 Å². The second-order valence-corrected chi connectivity index (χ2v) is 5.99. The van der Waals surface area contributed by atoms with E-state index in [4.69, 9.17) is 11.5 Å². The lowest BCUT2D eigenvalue weighted by molar-refractivity contribution is 0.310. The molecule has 1 aromatic carbocycles. The lowest BCUT2D eigenvalue weighted by Crippen LogP contribution is -2.27. The molecule has 0 aliphatic carbocycles. The molecular formula is C17H18N6. The zero-order valence-corrected chi connectivity index (χ0v) is 13.0. The van der Waals surface area contributed by atoms with E-state index in [-0.39, 0.29) is 5.95 Å². The molecule has 1 aliphatic rings. The number of anilines is 2. The van der Waals surface area contributed by atoms with Crippen LogP contribution in [0.1, 0.15) is 11.3 Å². The van der Waals surface area contributed by atoms with E-state index in [1.807, 2.05) is 24.4 Å². The van der Waals surface area contributed by atoms with Crippen LogP contribution in [0.5, 0.6) is 0 Å². The summed E-state index contributed by atoms with van der Waals surface area (Å²) in [7, 11) is 2.12. The van der Waals surface area contributed by atoms with Crippen molar-refractivity contribution < 1.29 is 0 Å². The maximum atomic E-state index is 6.15. The number of pyridine rings is 1. The summed E-state index contributed by atoms with van der Waals surface area (Å²) in [5.41, 5.74) is 17.5. The number of likely N-dealkylation sites (N-methyl/N-ethyl adjacent to an activating group) is 1. The molecule has 0 radical (unpaired) electrons. The zero-order valence-electron chi connectivity index (χ0n) is 13.0. The molecule has 6 heteroatoms. The van der Waals surface area contributed by atoms with Gasteiger partial charge in [0.25, 0.3) is 0 Å². The van der Waals surface area contributed by atoms with E-state index in [0.717, 1.165) is 47.4 Å². The Balaban J connectivity index is 1.94. The van der Waals surface area contributed by atoms with E-state index in [0.29, 0.717) is 5.69 Å². The molecule has 4 N–H and O–H groups in total. The average molecular weight is 306 g/mol. The van der Waals surface area contributed by atoms with Crippen LogP contribution < -0.4 is 11.5 Å². The van der Waals surface area contributed by atoms with Gasteiger partial charge >= 0.3 is 0 Å². The number of nitrogen functional groups attached to an aromatic ring is 2. The summed E-state index contributed by atoms with van der Waals surface area (Å²) in [5.74, 6) is 0.243. The van der Waals surface area contributed by atoms with Gasteiger partial charge in [0, 0.05) is 48.0 Å². The normalized spacial score (nSPS) is 14.8. The van der Waals surface area contributed by atoms with Crippen molar-refractivity contribution in [3.8, 4) is 11.3 Å². The van der Waals surface area contributed by atoms with Crippen LogP contribution >= 0.6 is 0 Å². The predicted octanol–water partition coefficient (Wildman–Crippen LogP) is 1.84. The van der Waals surface area contributed by atoms with Gasteiger partial charge in [-0.1, -0.05) is 6.07 Å². The molecule has 0 unspecified atom stereocenters. The number of rotatable bonds is 1. The molecule has 23 heavy (non-hydrogen) atoms. The first-order valence-corrected chi connectivity index (χ1v) is 7.60. The second kappa shape index (κ2) is 5.17. The van der Waals surface area contributed by atoms with Crippen molar-refractivity contribution in [3.05, 3.63) is 41.7 Å². The first kappa shape index (κ1) is 13.9. The number of benzene rings is 1. The van der Waals surface area contributed by atoms with Crippen LogP contribution in [0.15, 0.2) is 30.5 Å². The van der Waals surface area contributed by atoms with E-state index in [9.17, 15) is 0 Å². The van der Waals surface area contributed by atoms with Crippen LogP contribution in [0, 0.1) is 0 Å². The van der Waals surface area contributed by atoms with Gasteiger partial charge < -0.3 is 16.4 Å². The third kappa shape index (κ3) is 2.37. The average Bonchev–Trinajstić information content (AvgIpc) is 2.53. The smallest absolute Gasteiger partial charge is 0.221 e. The van der Waals surface area contributed by atoms with Crippen molar-refractivity contribution >= 4 is 22.5 Å². The molecule has 1 aliphatic heterocycles. The Kier molecular flexibility index (Phi) is 3.12. The first-order chi connectivity index (χ1) is 11.1. The van der Waals surface area contributed by atoms with Crippen LogP contribution in [0.3, 0.4) is 0 Å². The highest BCUT2D eigenvalue weighted by Crippen LogP contribution is 2.32. The Hall–Kier alpha value is -2.73. The molecule has 0 atom stereocenters. The summed E-state index contributed by atoms with van der Waals surface area (Å²) in [5, 5.41) is 0.826. The largest absolute Gasteiger partial charge is 0.398 e. The Morgan fingerprint density at radius 3 is 2.91 bits per heavy atom. The molecule has 0 saturated carbocycles. The molecular weight excluding hydrogens is 288 g/mol. The molecule has 0 saturated heterocycles. The summed E-state index contributed by atoms with van der Waals surface area (Å²) in [6, 6.07) is 7.76. The Morgan fingerprint density at radius 1 is 1.17 bits per heavy atom. The number of nitrogens with zero attached hydrogens (tertiary/aromatic N) is 4. The van der Waals surface area contributed by atoms with E-state index in [1.165, 1.54) is 5.56 Å². The van der Waals surface area contributed by atoms with Gasteiger partial charge in [0.15, 0.2) is 0 Å². The summed E-state index contributed by atoms with van der Waals surface area (Å²) in [4.78, 5) is 15.6. The van der Waals surface area contributed by atoms with Gasteiger partial charge in [0.2, 0.25) is 5.95 Å². The topological polar surface area (TPSA) is 94.0 Å². The van der Waals surface area contributed by atoms with Crippen LogP contribution in [0.4, 0.5) is 11.6 Å². The van der Waals surface area contributed by atoms with Crippen LogP contribution in [-0.2, 0) is 13.0 Å². The summed E-state index contributed by atoms with van der Waals surface area (Å²) in [6.45, 7) is 1.93. The number of hydrogen-bond acceptors (Lipinski definition) is 6. The van der Waals surface area contributed by atoms with Gasteiger partial charge in [-0.2, -0.15) is 0 Å². The molecule has 116 valence electrons. The van der Waals surface area contributed by atoms with Crippen LogP contribution in [-0.4, -0.2) is 33.4 Å². The second-order valence-electron chi connectivity index (χ2n) is 5.99. The number of nitrogens with two attached hydrogens (primary N) is 2. The number of hydrogen-bond donors (Lipinski definition) is 2. The third-order valence-electron chi connectivity index (χ3n) is 4.28. The van der Waals surface area contributed by atoms with E-state index >= 15 is 0 Å².